The van der Waals surface area contributed by atoms with Crippen LogP contribution in [0.4, 0.5) is 0 Å². The van der Waals surface area contributed by atoms with Crippen LogP contribution in [0.5, 0.6) is 0 Å². The van der Waals surface area contributed by atoms with Gasteiger partial charge in [0.2, 0.25) is 0 Å². The molecule has 3 nitrogen and oxygen atoms in total. The lowest BCUT2D eigenvalue weighted by molar-refractivity contribution is 0.0660. The fourth-order valence-electron chi connectivity index (χ4n) is 1.24. The number of carbonyl (C=O) groups excluding carboxylic acids is 1. The largest absolute Gasteiger partial charge is 0.335 e. The highest BCUT2D eigenvalue weighted by Gasteiger charge is 2.27. The molecule has 0 saturated carbocycles. The van der Waals surface area contributed by atoms with Gasteiger partial charge in [0.05, 0.1) is 5.54 Å². The molecule has 88 valence electrons. The number of alkyl halides is 1. The lowest BCUT2D eigenvalue weighted by Gasteiger charge is -2.34. The van der Waals surface area contributed by atoms with Crippen molar-refractivity contribution >= 4 is 17.5 Å². The van der Waals surface area contributed by atoms with E-state index < -0.39 is 0 Å². The van der Waals surface area contributed by atoms with Crippen LogP contribution in [0.3, 0.4) is 0 Å². The zero-order valence-electron chi connectivity index (χ0n) is 10.1. The minimum absolute atomic E-state index is 0.0313. The van der Waals surface area contributed by atoms with E-state index in [1.807, 2.05) is 20.8 Å². The van der Waals surface area contributed by atoms with Gasteiger partial charge in [0.15, 0.2) is 0 Å². The Morgan fingerprint density at radius 1 is 1.56 bits per heavy atom. The number of amides is 1. The quantitative estimate of drug-likeness (QED) is 0.761. The summed E-state index contributed by atoms with van der Waals surface area (Å²) in [6, 6.07) is 3.50. The SMILES string of the molecule is Cc1cc(C(=O)N(C)C(C)(C)CCl)ccn1. The first-order valence-electron chi connectivity index (χ1n) is 5.15. The van der Waals surface area contributed by atoms with E-state index in [-0.39, 0.29) is 11.4 Å². The molecular weight excluding hydrogens is 224 g/mol. The van der Waals surface area contributed by atoms with Gasteiger partial charge in [-0.15, -0.1) is 11.6 Å². The van der Waals surface area contributed by atoms with E-state index in [0.717, 1.165) is 5.69 Å². The van der Waals surface area contributed by atoms with E-state index in [1.54, 1.807) is 30.3 Å². The van der Waals surface area contributed by atoms with E-state index in [4.69, 9.17) is 11.6 Å². The fraction of sp³-hybridized carbons (Fsp3) is 0.500. The number of carbonyl (C=O) groups is 1. The van der Waals surface area contributed by atoms with E-state index in [2.05, 4.69) is 4.98 Å². The third-order valence-electron chi connectivity index (χ3n) is 2.68. The summed E-state index contributed by atoms with van der Waals surface area (Å²) in [6.45, 7) is 5.74. The maximum absolute atomic E-state index is 12.1. The van der Waals surface area contributed by atoms with Gasteiger partial charge in [-0.1, -0.05) is 0 Å². The monoisotopic (exact) mass is 240 g/mol. The molecule has 1 rings (SSSR count). The minimum atomic E-state index is -0.351. The van der Waals surface area contributed by atoms with Crippen molar-refractivity contribution in [2.24, 2.45) is 0 Å². The summed E-state index contributed by atoms with van der Waals surface area (Å²) < 4.78 is 0. The van der Waals surface area contributed by atoms with Gasteiger partial charge in [0, 0.05) is 30.4 Å². The van der Waals surface area contributed by atoms with Gasteiger partial charge in [-0.3, -0.25) is 9.78 Å². The molecule has 0 aliphatic heterocycles. The van der Waals surface area contributed by atoms with Crippen molar-refractivity contribution in [3.8, 4) is 0 Å². The van der Waals surface area contributed by atoms with Gasteiger partial charge < -0.3 is 4.90 Å². The van der Waals surface area contributed by atoms with Crippen LogP contribution < -0.4 is 0 Å². The van der Waals surface area contributed by atoms with Crippen LogP contribution >= 0.6 is 11.6 Å². The van der Waals surface area contributed by atoms with Crippen molar-refractivity contribution in [2.45, 2.75) is 26.3 Å². The normalized spacial score (nSPS) is 11.3. The first-order valence-corrected chi connectivity index (χ1v) is 5.69. The molecular formula is C12H17ClN2O. The molecule has 0 unspecified atom stereocenters. The second kappa shape index (κ2) is 4.83. The molecule has 1 heterocycles. The molecule has 0 N–H and O–H groups in total. The van der Waals surface area contributed by atoms with Gasteiger partial charge >= 0.3 is 0 Å². The van der Waals surface area contributed by atoms with Gasteiger partial charge in [0.1, 0.15) is 0 Å². The van der Waals surface area contributed by atoms with Crippen LogP contribution in [-0.4, -0.2) is 34.3 Å². The first kappa shape index (κ1) is 13.0. The summed E-state index contributed by atoms with van der Waals surface area (Å²) in [5.74, 6) is 0.371. The zero-order valence-corrected chi connectivity index (χ0v) is 10.9. The zero-order chi connectivity index (χ0) is 12.3. The molecule has 1 aromatic rings. The average molecular weight is 241 g/mol. The third-order valence-corrected chi connectivity index (χ3v) is 3.34. The Labute approximate surface area is 101 Å². The number of aryl methyl sites for hydroxylation is 1. The molecule has 0 atom stereocenters. The summed E-state index contributed by atoms with van der Waals surface area (Å²) in [6.07, 6.45) is 1.64. The number of rotatable bonds is 3. The molecule has 0 radical (unpaired) electrons. The topological polar surface area (TPSA) is 33.2 Å². The number of nitrogens with zero attached hydrogens (tertiary/aromatic N) is 2. The lowest BCUT2D eigenvalue weighted by Crippen LogP contribution is -2.46. The predicted molar refractivity (Wildman–Crippen MR) is 65.9 cm³/mol. The molecule has 1 aromatic heterocycles. The van der Waals surface area contributed by atoms with Crippen LogP contribution in [0, 0.1) is 6.92 Å². The maximum atomic E-state index is 12.1. The molecule has 0 aliphatic carbocycles. The van der Waals surface area contributed by atoms with Crippen LogP contribution in [0.25, 0.3) is 0 Å². The van der Waals surface area contributed by atoms with Crippen molar-refractivity contribution in [1.82, 2.24) is 9.88 Å². The Bertz CT molecular complexity index is 390. The maximum Gasteiger partial charge on any atom is 0.254 e. The Hall–Kier alpha value is -1.09. The Balaban J connectivity index is 2.95. The van der Waals surface area contributed by atoms with E-state index >= 15 is 0 Å². The lowest BCUT2D eigenvalue weighted by atomic mass is 10.1. The summed E-state index contributed by atoms with van der Waals surface area (Å²) in [5.41, 5.74) is 1.13. The number of hydrogen-bond donors (Lipinski definition) is 0. The third kappa shape index (κ3) is 2.73. The first-order chi connectivity index (χ1) is 7.38. The second-order valence-electron chi connectivity index (χ2n) is 4.50. The fourth-order valence-corrected chi connectivity index (χ4v) is 1.42. The van der Waals surface area contributed by atoms with Gasteiger partial charge in [-0.05, 0) is 32.9 Å². The summed E-state index contributed by atoms with van der Waals surface area (Å²) in [7, 11) is 1.76. The molecule has 4 heteroatoms. The molecule has 0 saturated heterocycles. The summed E-state index contributed by atoms with van der Waals surface area (Å²) in [5, 5.41) is 0. The van der Waals surface area contributed by atoms with Gasteiger partial charge in [0.25, 0.3) is 5.91 Å². The van der Waals surface area contributed by atoms with Crippen molar-refractivity contribution in [3.63, 3.8) is 0 Å². The van der Waals surface area contributed by atoms with Crippen molar-refractivity contribution in [3.05, 3.63) is 29.6 Å². The highest BCUT2D eigenvalue weighted by molar-refractivity contribution is 6.18. The number of hydrogen-bond acceptors (Lipinski definition) is 2. The molecule has 1 amide bonds. The predicted octanol–water partition coefficient (Wildman–Crippen LogP) is 2.48. The van der Waals surface area contributed by atoms with Crippen LogP contribution in [0.1, 0.15) is 29.9 Å². The van der Waals surface area contributed by atoms with E-state index in [9.17, 15) is 4.79 Å². The molecule has 0 aromatic carbocycles. The molecule has 0 fully saturated rings. The summed E-state index contributed by atoms with van der Waals surface area (Å²) in [4.78, 5) is 17.9. The van der Waals surface area contributed by atoms with Crippen molar-refractivity contribution in [1.29, 1.82) is 0 Å². The van der Waals surface area contributed by atoms with E-state index in [1.165, 1.54) is 0 Å². The summed E-state index contributed by atoms with van der Waals surface area (Å²) >= 11 is 5.84. The number of pyridine rings is 1. The Kier molecular flexibility index (Phi) is 3.92. The Morgan fingerprint density at radius 3 is 2.69 bits per heavy atom. The smallest absolute Gasteiger partial charge is 0.254 e. The highest BCUT2D eigenvalue weighted by Crippen LogP contribution is 2.17. The van der Waals surface area contributed by atoms with Crippen LogP contribution in [0.15, 0.2) is 18.3 Å². The number of halogens is 1. The second-order valence-corrected chi connectivity index (χ2v) is 4.76. The van der Waals surface area contributed by atoms with E-state index in [0.29, 0.717) is 11.4 Å². The molecule has 16 heavy (non-hydrogen) atoms. The Morgan fingerprint density at radius 2 is 2.19 bits per heavy atom. The average Bonchev–Trinajstić information content (AvgIpc) is 2.27. The van der Waals surface area contributed by atoms with Gasteiger partial charge in [-0.2, -0.15) is 0 Å². The number of aromatic nitrogens is 1. The standard InChI is InChI=1S/C12H17ClN2O/c1-9-7-10(5-6-14-9)11(16)15(4)12(2,3)8-13/h5-7H,8H2,1-4H3. The minimum Gasteiger partial charge on any atom is -0.335 e. The molecule has 0 bridgehead atoms. The molecule has 0 aliphatic rings. The van der Waals surface area contributed by atoms with Gasteiger partial charge in [-0.25, -0.2) is 0 Å². The molecule has 0 spiro atoms. The van der Waals surface area contributed by atoms with Crippen molar-refractivity contribution < 1.29 is 4.79 Å². The van der Waals surface area contributed by atoms with Crippen LogP contribution in [-0.2, 0) is 0 Å². The van der Waals surface area contributed by atoms with Crippen molar-refractivity contribution in [2.75, 3.05) is 12.9 Å². The van der Waals surface area contributed by atoms with Crippen LogP contribution in [0.2, 0.25) is 0 Å². The highest BCUT2D eigenvalue weighted by atomic mass is 35.5.